The fourth-order valence-corrected chi connectivity index (χ4v) is 4.03. The standard InChI is InChI=1S/C12H12N2O4S2/c1-14(7-10-4-2-3-5-13-10)20(17,18)11-6-9(8-19-11)12(15)16/h2-6,8H,7H2,1H3,(H,15,16). The molecule has 0 unspecified atom stereocenters. The molecule has 0 aliphatic carbocycles. The predicted octanol–water partition coefficient (Wildman–Crippen LogP) is 1.66. The number of carbonyl (C=O) groups is 1. The van der Waals surface area contributed by atoms with E-state index < -0.39 is 16.0 Å². The smallest absolute Gasteiger partial charge is 0.336 e. The van der Waals surface area contributed by atoms with Crippen LogP contribution in [0.15, 0.2) is 40.1 Å². The summed E-state index contributed by atoms with van der Waals surface area (Å²) in [5.74, 6) is -1.14. The van der Waals surface area contributed by atoms with Crippen LogP contribution in [0, 0.1) is 0 Å². The fourth-order valence-electron chi connectivity index (χ4n) is 1.52. The fraction of sp³-hybridized carbons (Fsp3) is 0.167. The molecule has 2 aromatic heterocycles. The Hall–Kier alpha value is -1.77. The SMILES string of the molecule is CN(Cc1ccccn1)S(=O)(=O)c1cc(C(=O)O)cs1. The van der Waals surface area contributed by atoms with Crippen molar-refractivity contribution in [2.24, 2.45) is 0 Å². The van der Waals surface area contributed by atoms with E-state index in [0.29, 0.717) is 5.69 Å². The first kappa shape index (κ1) is 14.6. The molecule has 0 saturated carbocycles. The van der Waals surface area contributed by atoms with Gasteiger partial charge in [-0.2, -0.15) is 4.31 Å². The van der Waals surface area contributed by atoms with Crippen LogP contribution in [0.4, 0.5) is 0 Å². The summed E-state index contributed by atoms with van der Waals surface area (Å²) in [6.45, 7) is 0.128. The molecule has 2 heterocycles. The molecule has 106 valence electrons. The molecule has 2 aromatic rings. The van der Waals surface area contributed by atoms with Gasteiger partial charge in [0.05, 0.1) is 17.8 Å². The van der Waals surface area contributed by atoms with Crippen LogP contribution in [0.5, 0.6) is 0 Å². The normalized spacial score (nSPS) is 11.7. The third kappa shape index (κ3) is 3.03. The highest BCUT2D eigenvalue weighted by Gasteiger charge is 2.24. The van der Waals surface area contributed by atoms with Crippen molar-refractivity contribution >= 4 is 27.3 Å². The van der Waals surface area contributed by atoms with Crippen LogP contribution in [0.3, 0.4) is 0 Å². The first-order valence-electron chi connectivity index (χ1n) is 5.59. The summed E-state index contributed by atoms with van der Waals surface area (Å²) in [4.78, 5) is 14.9. The predicted molar refractivity (Wildman–Crippen MR) is 74.2 cm³/mol. The second kappa shape index (κ2) is 5.70. The van der Waals surface area contributed by atoms with Crippen molar-refractivity contribution in [1.82, 2.24) is 9.29 Å². The third-order valence-electron chi connectivity index (χ3n) is 2.60. The summed E-state index contributed by atoms with van der Waals surface area (Å²) < 4.78 is 25.7. The minimum atomic E-state index is -3.70. The van der Waals surface area contributed by atoms with Gasteiger partial charge in [0.1, 0.15) is 4.21 Å². The molecule has 0 amide bonds. The molecule has 8 heteroatoms. The van der Waals surface area contributed by atoms with Crippen molar-refractivity contribution in [2.75, 3.05) is 7.05 Å². The Morgan fingerprint density at radius 1 is 1.45 bits per heavy atom. The van der Waals surface area contributed by atoms with Crippen molar-refractivity contribution in [3.63, 3.8) is 0 Å². The zero-order chi connectivity index (χ0) is 14.8. The Kier molecular flexibility index (Phi) is 4.17. The molecular formula is C12H12N2O4S2. The van der Waals surface area contributed by atoms with Gasteiger partial charge in [-0.15, -0.1) is 11.3 Å². The molecule has 0 bridgehead atoms. The van der Waals surface area contributed by atoms with E-state index in [1.165, 1.54) is 12.4 Å². The average molecular weight is 312 g/mol. The molecule has 0 radical (unpaired) electrons. The number of carboxylic acids is 1. The molecule has 0 aliphatic rings. The van der Waals surface area contributed by atoms with Gasteiger partial charge >= 0.3 is 5.97 Å². The zero-order valence-electron chi connectivity index (χ0n) is 10.6. The number of rotatable bonds is 5. The van der Waals surface area contributed by atoms with E-state index in [0.717, 1.165) is 21.7 Å². The maximum absolute atomic E-state index is 12.3. The van der Waals surface area contributed by atoms with Gasteiger partial charge in [-0.1, -0.05) is 6.07 Å². The maximum Gasteiger partial charge on any atom is 0.336 e. The number of thiophene rings is 1. The summed E-state index contributed by atoms with van der Waals surface area (Å²) >= 11 is 0.893. The highest BCUT2D eigenvalue weighted by Crippen LogP contribution is 2.24. The number of carboxylic acid groups (broad SMARTS) is 1. The van der Waals surface area contributed by atoms with Crippen molar-refractivity contribution in [2.45, 2.75) is 10.8 Å². The van der Waals surface area contributed by atoms with E-state index >= 15 is 0 Å². The number of aromatic nitrogens is 1. The van der Waals surface area contributed by atoms with Crippen LogP contribution in [-0.4, -0.2) is 35.8 Å². The van der Waals surface area contributed by atoms with Crippen molar-refractivity contribution < 1.29 is 18.3 Å². The highest BCUT2D eigenvalue weighted by atomic mass is 32.2. The zero-order valence-corrected chi connectivity index (χ0v) is 12.2. The Bertz CT molecular complexity index is 710. The quantitative estimate of drug-likeness (QED) is 0.907. The van der Waals surface area contributed by atoms with Gasteiger partial charge in [0.25, 0.3) is 10.0 Å². The number of pyridine rings is 1. The van der Waals surface area contributed by atoms with Crippen LogP contribution < -0.4 is 0 Å². The van der Waals surface area contributed by atoms with Crippen LogP contribution in [0.25, 0.3) is 0 Å². The summed E-state index contributed by atoms with van der Waals surface area (Å²) in [6.07, 6.45) is 1.59. The van der Waals surface area contributed by atoms with Gasteiger partial charge in [-0.25, -0.2) is 13.2 Å². The average Bonchev–Trinajstić information content (AvgIpc) is 2.90. The number of sulfonamides is 1. The topological polar surface area (TPSA) is 87.6 Å². The van der Waals surface area contributed by atoms with Crippen molar-refractivity contribution in [3.05, 3.63) is 47.1 Å². The van der Waals surface area contributed by atoms with Crippen LogP contribution in [0.2, 0.25) is 0 Å². The molecule has 6 nitrogen and oxygen atoms in total. The Morgan fingerprint density at radius 2 is 2.20 bits per heavy atom. The molecule has 2 rings (SSSR count). The summed E-state index contributed by atoms with van der Waals surface area (Å²) in [5.41, 5.74) is 0.591. The van der Waals surface area contributed by atoms with Gasteiger partial charge in [0.2, 0.25) is 0 Å². The van der Waals surface area contributed by atoms with E-state index in [1.807, 2.05) is 0 Å². The monoisotopic (exact) mass is 312 g/mol. The molecular weight excluding hydrogens is 300 g/mol. The lowest BCUT2D eigenvalue weighted by molar-refractivity contribution is 0.0697. The maximum atomic E-state index is 12.3. The molecule has 0 saturated heterocycles. The first-order chi connectivity index (χ1) is 9.41. The largest absolute Gasteiger partial charge is 0.478 e. The Morgan fingerprint density at radius 3 is 2.75 bits per heavy atom. The van der Waals surface area contributed by atoms with Crippen LogP contribution in [0.1, 0.15) is 16.1 Å². The van der Waals surface area contributed by atoms with E-state index in [2.05, 4.69) is 4.98 Å². The second-order valence-corrected chi connectivity index (χ2v) is 7.22. The summed E-state index contributed by atoms with van der Waals surface area (Å²) in [5, 5.41) is 10.1. The summed E-state index contributed by atoms with van der Waals surface area (Å²) in [6, 6.07) is 6.41. The third-order valence-corrected chi connectivity index (χ3v) is 5.82. The van der Waals surface area contributed by atoms with Gasteiger partial charge < -0.3 is 5.11 Å². The van der Waals surface area contributed by atoms with Crippen molar-refractivity contribution in [1.29, 1.82) is 0 Å². The van der Waals surface area contributed by atoms with Gasteiger partial charge in [0, 0.05) is 18.6 Å². The highest BCUT2D eigenvalue weighted by molar-refractivity contribution is 7.91. The minimum absolute atomic E-state index is 0.00771. The van der Waals surface area contributed by atoms with E-state index in [4.69, 9.17) is 5.11 Å². The molecule has 1 N–H and O–H groups in total. The molecule has 0 spiro atoms. The lowest BCUT2D eigenvalue weighted by Gasteiger charge is -2.15. The lowest BCUT2D eigenvalue weighted by Crippen LogP contribution is -2.26. The molecule has 0 aliphatic heterocycles. The molecule has 20 heavy (non-hydrogen) atoms. The molecule has 0 fully saturated rings. The van der Waals surface area contributed by atoms with Crippen LogP contribution in [-0.2, 0) is 16.6 Å². The van der Waals surface area contributed by atoms with Gasteiger partial charge in [-0.3, -0.25) is 4.98 Å². The Labute approximate surface area is 120 Å². The van der Waals surface area contributed by atoms with Crippen molar-refractivity contribution in [3.8, 4) is 0 Å². The van der Waals surface area contributed by atoms with E-state index in [-0.39, 0.29) is 16.3 Å². The first-order valence-corrected chi connectivity index (χ1v) is 7.91. The number of hydrogen-bond acceptors (Lipinski definition) is 5. The molecule has 0 atom stereocenters. The Balaban J connectivity index is 2.23. The van der Waals surface area contributed by atoms with Gasteiger partial charge in [0.15, 0.2) is 0 Å². The molecule has 0 aromatic carbocycles. The van der Waals surface area contributed by atoms with Crippen LogP contribution >= 0.6 is 11.3 Å². The number of nitrogens with zero attached hydrogens (tertiary/aromatic N) is 2. The lowest BCUT2D eigenvalue weighted by atomic mass is 10.3. The van der Waals surface area contributed by atoms with E-state index in [9.17, 15) is 13.2 Å². The number of hydrogen-bond donors (Lipinski definition) is 1. The summed E-state index contributed by atoms with van der Waals surface area (Å²) in [7, 11) is -2.27. The minimum Gasteiger partial charge on any atom is -0.478 e. The van der Waals surface area contributed by atoms with E-state index in [1.54, 1.807) is 24.4 Å². The number of aromatic carboxylic acids is 1. The second-order valence-electron chi connectivity index (χ2n) is 4.04. The van der Waals surface area contributed by atoms with Gasteiger partial charge in [-0.05, 0) is 18.2 Å².